The fourth-order valence-corrected chi connectivity index (χ4v) is 1.53. The smallest absolute Gasteiger partial charge is 0.120 e. The molecule has 1 rings (SSSR count). The van der Waals surface area contributed by atoms with Gasteiger partial charge in [0.05, 0.1) is 7.11 Å². The monoisotopic (exact) mass is 233 g/mol. The number of nitrogens with one attached hydrogen (secondary N) is 1. The Bertz CT molecular complexity index is 382. The molecule has 1 aromatic carbocycles. The summed E-state index contributed by atoms with van der Waals surface area (Å²) < 4.78 is 5.11. The van der Waals surface area contributed by atoms with Crippen LogP contribution in [0.4, 0.5) is 0 Å². The van der Waals surface area contributed by atoms with Crippen molar-refractivity contribution in [3.8, 4) is 23.8 Å². The van der Waals surface area contributed by atoms with Gasteiger partial charge in [0, 0.05) is 18.5 Å². The molecule has 0 spiro atoms. The summed E-state index contributed by atoms with van der Waals surface area (Å²) in [5, 5.41) is 12.9. The van der Waals surface area contributed by atoms with E-state index in [9.17, 15) is 5.11 Å². The molecule has 0 aromatic heterocycles. The fourth-order valence-electron chi connectivity index (χ4n) is 1.53. The summed E-state index contributed by atoms with van der Waals surface area (Å²) in [5.41, 5.74) is 0.848. The van der Waals surface area contributed by atoms with Crippen LogP contribution in [-0.4, -0.2) is 18.8 Å². The van der Waals surface area contributed by atoms with Crippen LogP contribution in [-0.2, 0) is 6.54 Å². The van der Waals surface area contributed by atoms with Crippen molar-refractivity contribution in [2.75, 3.05) is 13.7 Å². The fraction of sp³-hybridized carbons (Fsp3) is 0.429. The molecular formula is C14H19NO2. The third-order valence-corrected chi connectivity index (χ3v) is 2.53. The van der Waals surface area contributed by atoms with Crippen molar-refractivity contribution in [2.45, 2.75) is 25.8 Å². The second-order valence-corrected chi connectivity index (χ2v) is 3.83. The van der Waals surface area contributed by atoms with Crippen molar-refractivity contribution in [3.63, 3.8) is 0 Å². The van der Waals surface area contributed by atoms with Crippen molar-refractivity contribution < 1.29 is 9.84 Å². The van der Waals surface area contributed by atoms with Crippen molar-refractivity contribution in [1.29, 1.82) is 0 Å². The third kappa shape index (κ3) is 4.80. The standard InChI is InChI=1S/C14H19NO2/c1-3-4-5-6-9-15-11-12-10-13(17-2)7-8-14(12)16/h1,7-8,10,15-16H,4-6,9,11H2,2H3. The molecular weight excluding hydrogens is 214 g/mol. The highest BCUT2D eigenvalue weighted by Gasteiger charge is 2.02. The summed E-state index contributed by atoms with van der Waals surface area (Å²) in [6.07, 6.45) is 8.08. The summed E-state index contributed by atoms with van der Waals surface area (Å²) in [5.74, 6) is 3.67. The number of hydrogen-bond acceptors (Lipinski definition) is 3. The zero-order valence-corrected chi connectivity index (χ0v) is 10.2. The van der Waals surface area contributed by atoms with Gasteiger partial charge >= 0.3 is 0 Å². The maximum Gasteiger partial charge on any atom is 0.120 e. The molecule has 17 heavy (non-hydrogen) atoms. The maximum absolute atomic E-state index is 9.65. The predicted molar refractivity (Wildman–Crippen MR) is 69.0 cm³/mol. The minimum absolute atomic E-state index is 0.293. The van der Waals surface area contributed by atoms with Crippen LogP contribution in [0.2, 0.25) is 0 Å². The molecule has 3 heteroatoms. The number of aromatic hydroxyl groups is 1. The van der Waals surface area contributed by atoms with Gasteiger partial charge < -0.3 is 15.2 Å². The topological polar surface area (TPSA) is 41.5 Å². The van der Waals surface area contributed by atoms with E-state index in [1.807, 2.05) is 6.07 Å². The number of phenols is 1. The summed E-state index contributed by atoms with van der Waals surface area (Å²) in [6, 6.07) is 5.23. The molecule has 0 atom stereocenters. The van der Waals surface area contributed by atoms with E-state index in [-0.39, 0.29) is 0 Å². The normalized spacial score (nSPS) is 9.88. The lowest BCUT2D eigenvalue weighted by atomic mass is 10.2. The number of benzene rings is 1. The number of rotatable bonds is 7. The minimum Gasteiger partial charge on any atom is -0.508 e. The van der Waals surface area contributed by atoms with Crippen LogP contribution in [0.5, 0.6) is 11.5 Å². The molecule has 0 heterocycles. The van der Waals surface area contributed by atoms with E-state index < -0.39 is 0 Å². The quantitative estimate of drug-likeness (QED) is 0.561. The lowest BCUT2D eigenvalue weighted by molar-refractivity contribution is 0.410. The highest BCUT2D eigenvalue weighted by molar-refractivity contribution is 5.39. The van der Waals surface area contributed by atoms with Crippen molar-refractivity contribution in [2.24, 2.45) is 0 Å². The van der Waals surface area contributed by atoms with Gasteiger partial charge in [0.1, 0.15) is 11.5 Å². The SMILES string of the molecule is C#CCCCCNCc1cc(OC)ccc1O. The molecule has 0 amide bonds. The molecule has 0 bridgehead atoms. The Morgan fingerprint density at radius 2 is 2.24 bits per heavy atom. The summed E-state index contributed by atoms with van der Waals surface area (Å²) in [7, 11) is 1.61. The molecule has 1 aromatic rings. The number of unbranched alkanes of at least 4 members (excludes halogenated alkanes) is 2. The highest BCUT2D eigenvalue weighted by Crippen LogP contribution is 2.22. The lowest BCUT2D eigenvalue weighted by Crippen LogP contribution is -2.14. The molecule has 2 N–H and O–H groups in total. The maximum atomic E-state index is 9.65. The summed E-state index contributed by atoms with van der Waals surface area (Å²) in [4.78, 5) is 0. The highest BCUT2D eigenvalue weighted by atomic mass is 16.5. The van der Waals surface area contributed by atoms with Crippen LogP contribution < -0.4 is 10.1 Å². The first-order valence-electron chi connectivity index (χ1n) is 5.78. The van der Waals surface area contributed by atoms with Gasteiger partial charge in [-0.05, 0) is 37.6 Å². The molecule has 0 aliphatic carbocycles. The Morgan fingerprint density at radius 3 is 2.94 bits per heavy atom. The zero-order chi connectivity index (χ0) is 12.5. The van der Waals surface area contributed by atoms with Crippen molar-refractivity contribution in [1.82, 2.24) is 5.32 Å². The summed E-state index contributed by atoms with van der Waals surface area (Å²) in [6.45, 7) is 1.54. The minimum atomic E-state index is 0.293. The molecule has 3 nitrogen and oxygen atoms in total. The second-order valence-electron chi connectivity index (χ2n) is 3.83. The van der Waals surface area contributed by atoms with Crippen LogP contribution in [0.15, 0.2) is 18.2 Å². The van der Waals surface area contributed by atoms with Crippen LogP contribution >= 0.6 is 0 Å². The van der Waals surface area contributed by atoms with Crippen LogP contribution in [0.1, 0.15) is 24.8 Å². The van der Waals surface area contributed by atoms with E-state index in [2.05, 4.69) is 11.2 Å². The number of ether oxygens (including phenoxy) is 1. The Balaban J connectivity index is 2.33. The molecule has 0 aliphatic heterocycles. The van der Waals surface area contributed by atoms with E-state index in [0.717, 1.165) is 37.1 Å². The Morgan fingerprint density at radius 1 is 1.41 bits per heavy atom. The molecule has 0 radical (unpaired) electrons. The molecule has 92 valence electrons. The van der Waals surface area contributed by atoms with Gasteiger partial charge in [-0.1, -0.05) is 0 Å². The third-order valence-electron chi connectivity index (χ3n) is 2.53. The van der Waals surface area contributed by atoms with E-state index in [0.29, 0.717) is 12.3 Å². The number of hydrogen-bond donors (Lipinski definition) is 2. The van der Waals surface area contributed by atoms with Gasteiger partial charge in [-0.3, -0.25) is 0 Å². The molecule has 0 unspecified atom stereocenters. The van der Waals surface area contributed by atoms with E-state index in [1.54, 1.807) is 19.2 Å². The van der Waals surface area contributed by atoms with Crippen LogP contribution in [0.25, 0.3) is 0 Å². The van der Waals surface area contributed by atoms with E-state index in [1.165, 1.54) is 0 Å². The van der Waals surface area contributed by atoms with Crippen LogP contribution in [0.3, 0.4) is 0 Å². The van der Waals surface area contributed by atoms with E-state index >= 15 is 0 Å². The summed E-state index contributed by atoms with van der Waals surface area (Å²) >= 11 is 0. The van der Waals surface area contributed by atoms with Gasteiger partial charge in [0.15, 0.2) is 0 Å². The first-order valence-corrected chi connectivity index (χ1v) is 5.78. The van der Waals surface area contributed by atoms with Crippen molar-refractivity contribution >= 4 is 0 Å². The predicted octanol–water partition coefficient (Wildman–Crippen LogP) is 2.29. The molecule has 0 saturated carbocycles. The zero-order valence-electron chi connectivity index (χ0n) is 10.2. The first kappa shape index (κ1) is 13.4. The van der Waals surface area contributed by atoms with Crippen LogP contribution in [0, 0.1) is 12.3 Å². The van der Waals surface area contributed by atoms with Gasteiger partial charge in [0.2, 0.25) is 0 Å². The van der Waals surface area contributed by atoms with Gasteiger partial charge in [-0.15, -0.1) is 12.3 Å². The largest absolute Gasteiger partial charge is 0.508 e. The first-order chi connectivity index (χ1) is 8.27. The van der Waals surface area contributed by atoms with Gasteiger partial charge in [0.25, 0.3) is 0 Å². The number of methoxy groups -OCH3 is 1. The Hall–Kier alpha value is -1.66. The Labute approximate surface area is 103 Å². The Kier molecular flexibility index (Phi) is 5.98. The van der Waals surface area contributed by atoms with Crippen molar-refractivity contribution in [3.05, 3.63) is 23.8 Å². The number of phenolic OH excluding ortho intramolecular Hbond substituents is 1. The average molecular weight is 233 g/mol. The molecule has 0 saturated heterocycles. The number of terminal acetylenes is 1. The second kappa shape index (κ2) is 7.59. The molecule has 0 fully saturated rings. The molecule has 0 aliphatic rings. The van der Waals surface area contributed by atoms with Gasteiger partial charge in [-0.2, -0.15) is 0 Å². The van der Waals surface area contributed by atoms with E-state index in [4.69, 9.17) is 11.2 Å². The lowest BCUT2D eigenvalue weighted by Gasteiger charge is -2.08. The van der Waals surface area contributed by atoms with Gasteiger partial charge in [-0.25, -0.2) is 0 Å². The average Bonchev–Trinajstić information content (AvgIpc) is 2.35.